The normalized spacial score (nSPS) is 17.6. The SMILES string of the molecule is c1ccc(CCNc2nc(C3CCCCC3)nc3sc4c(c23)CCCC4)cc1. The first-order chi connectivity index (χ1) is 13.9. The van der Waals surface area contributed by atoms with Crippen LogP contribution in [0.2, 0.25) is 0 Å². The van der Waals surface area contributed by atoms with E-state index in [9.17, 15) is 0 Å². The summed E-state index contributed by atoms with van der Waals surface area (Å²) in [5.74, 6) is 2.74. The molecule has 0 bridgehead atoms. The molecule has 0 unspecified atom stereocenters. The smallest absolute Gasteiger partial charge is 0.138 e. The van der Waals surface area contributed by atoms with Crippen molar-refractivity contribution in [2.75, 3.05) is 11.9 Å². The predicted octanol–water partition coefficient (Wildman–Crippen LogP) is 6.27. The Morgan fingerprint density at radius 3 is 2.61 bits per heavy atom. The van der Waals surface area contributed by atoms with Crippen molar-refractivity contribution in [2.24, 2.45) is 0 Å². The largest absolute Gasteiger partial charge is 0.369 e. The molecule has 146 valence electrons. The summed E-state index contributed by atoms with van der Waals surface area (Å²) in [6, 6.07) is 10.7. The number of fused-ring (bicyclic) bond motifs is 3. The van der Waals surface area contributed by atoms with Crippen molar-refractivity contribution in [3.8, 4) is 0 Å². The van der Waals surface area contributed by atoms with Gasteiger partial charge in [-0.05, 0) is 56.1 Å². The fourth-order valence-electron chi connectivity index (χ4n) is 4.82. The van der Waals surface area contributed by atoms with Gasteiger partial charge in [0.05, 0.1) is 5.39 Å². The summed E-state index contributed by atoms with van der Waals surface area (Å²) in [7, 11) is 0. The van der Waals surface area contributed by atoms with E-state index in [1.165, 1.54) is 79.1 Å². The molecule has 4 heteroatoms. The Morgan fingerprint density at radius 1 is 0.929 bits per heavy atom. The number of nitrogens with zero attached hydrogens (tertiary/aromatic N) is 2. The minimum atomic E-state index is 0.548. The molecule has 1 N–H and O–H groups in total. The maximum atomic E-state index is 5.12. The van der Waals surface area contributed by atoms with Gasteiger partial charge in [-0.2, -0.15) is 0 Å². The average molecular weight is 392 g/mol. The van der Waals surface area contributed by atoms with E-state index in [-0.39, 0.29) is 0 Å². The first kappa shape index (κ1) is 18.1. The van der Waals surface area contributed by atoms with Crippen LogP contribution in [0.5, 0.6) is 0 Å². The molecule has 0 aliphatic heterocycles. The molecule has 3 aromatic rings. The summed E-state index contributed by atoms with van der Waals surface area (Å²) in [6.45, 7) is 0.921. The van der Waals surface area contributed by atoms with Crippen LogP contribution in [0.15, 0.2) is 30.3 Å². The number of hydrogen-bond acceptors (Lipinski definition) is 4. The maximum absolute atomic E-state index is 5.12. The molecule has 0 atom stereocenters. The van der Waals surface area contributed by atoms with Gasteiger partial charge in [-0.1, -0.05) is 49.6 Å². The highest BCUT2D eigenvalue weighted by Crippen LogP contribution is 2.40. The molecule has 1 aromatic carbocycles. The molecule has 2 heterocycles. The second kappa shape index (κ2) is 8.20. The van der Waals surface area contributed by atoms with E-state index in [1.807, 2.05) is 11.3 Å². The quantitative estimate of drug-likeness (QED) is 0.557. The molecule has 2 aliphatic carbocycles. The third kappa shape index (κ3) is 3.67. The monoisotopic (exact) mass is 391 g/mol. The number of aryl methyl sites for hydroxylation is 2. The minimum absolute atomic E-state index is 0.548. The molecule has 1 saturated carbocycles. The van der Waals surface area contributed by atoms with Crippen LogP contribution in [0.4, 0.5) is 5.82 Å². The molecule has 2 aliphatic rings. The van der Waals surface area contributed by atoms with Gasteiger partial charge in [0.1, 0.15) is 16.5 Å². The van der Waals surface area contributed by atoms with E-state index in [4.69, 9.17) is 9.97 Å². The Kier molecular flexibility index (Phi) is 5.30. The van der Waals surface area contributed by atoms with Crippen molar-refractivity contribution >= 4 is 27.4 Å². The molecule has 1 fully saturated rings. The van der Waals surface area contributed by atoms with E-state index in [0.29, 0.717) is 5.92 Å². The number of nitrogens with one attached hydrogen (secondary N) is 1. The fraction of sp³-hybridized carbons (Fsp3) is 0.500. The fourth-order valence-corrected chi connectivity index (χ4v) is 6.08. The van der Waals surface area contributed by atoms with E-state index < -0.39 is 0 Å². The van der Waals surface area contributed by atoms with Crippen LogP contribution in [-0.2, 0) is 19.3 Å². The number of hydrogen-bond donors (Lipinski definition) is 1. The van der Waals surface area contributed by atoms with Gasteiger partial charge in [-0.15, -0.1) is 11.3 Å². The number of anilines is 1. The zero-order chi connectivity index (χ0) is 18.8. The molecule has 0 saturated heterocycles. The average Bonchev–Trinajstić information content (AvgIpc) is 3.14. The molecule has 5 rings (SSSR count). The van der Waals surface area contributed by atoms with Crippen LogP contribution in [0.1, 0.15) is 72.7 Å². The zero-order valence-corrected chi connectivity index (χ0v) is 17.4. The second-order valence-electron chi connectivity index (χ2n) is 8.32. The van der Waals surface area contributed by atoms with Crippen molar-refractivity contribution < 1.29 is 0 Å². The van der Waals surface area contributed by atoms with Gasteiger partial charge in [0.2, 0.25) is 0 Å². The van der Waals surface area contributed by atoms with Crippen LogP contribution >= 0.6 is 11.3 Å². The molecular formula is C24H29N3S. The third-order valence-corrected chi connectivity index (χ3v) is 7.54. The number of rotatable bonds is 5. The lowest BCUT2D eigenvalue weighted by Crippen LogP contribution is -2.13. The van der Waals surface area contributed by atoms with Gasteiger partial charge in [0.15, 0.2) is 0 Å². The van der Waals surface area contributed by atoms with Crippen molar-refractivity contribution in [1.29, 1.82) is 0 Å². The highest BCUT2D eigenvalue weighted by Gasteiger charge is 2.24. The van der Waals surface area contributed by atoms with Crippen LogP contribution in [0, 0.1) is 0 Å². The summed E-state index contributed by atoms with van der Waals surface area (Å²) in [4.78, 5) is 13.0. The predicted molar refractivity (Wildman–Crippen MR) is 119 cm³/mol. The van der Waals surface area contributed by atoms with E-state index in [0.717, 1.165) is 24.6 Å². The lowest BCUT2D eigenvalue weighted by Gasteiger charge is -2.21. The van der Waals surface area contributed by atoms with Gasteiger partial charge >= 0.3 is 0 Å². The molecule has 0 amide bonds. The number of benzene rings is 1. The standard InChI is InChI=1S/C24H29N3S/c1-3-9-17(10-4-1)15-16-25-23-21-19-13-7-8-14-20(19)28-24(21)27-22(26-23)18-11-5-2-6-12-18/h1,3-4,9-10,18H,2,5-8,11-16H2,(H,25,26,27). The Bertz CT molecular complexity index is 941. The highest BCUT2D eigenvalue weighted by molar-refractivity contribution is 7.19. The summed E-state index contributed by atoms with van der Waals surface area (Å²) >= 11 is 1.93. The van der Waals surface area contributed by atoms with Crippen molar-refractivity contribution in [3.63, 3.8) is 0 Å². The van der Waals surface area contributed by atoms with Crippen LogP contribution in [-0.4, -0.2) is 16.5 Å². The zero-order valence-electron chi connectivity index (χ0n) is 16.5. The molecular weight excluding hydrogens is 362 g/mol. The number of aromatic nitrogens is 2. The lowest BCUT2D eigenvalue weighted by molar-refractivity contribution is 0.430. The van der Waals surface area contributed by atoms with Crippen LogP contribution in [0.25, 0.3) is 10.2 Å². The van der Waals surface area contributed by atoms with E-state index in [1.54, 1.807) is 4.88 Å². The lowest BCUT2D eigenvalue weighted by atomic mass is 9.88. The molecule has 28 heavy (non-hydrogen) atoms. The summed E-state index contributed by atoms with van der Waals surface area (Å²) in [5.41, 5.74) is 2.91. The summed E-state index contributed by atoms with van der Waals surface area (Å²) in [5, 5.41) is 5.03. The van der Waals surface area contributed by atoms with Gasteiger partial charge in [0.25, 0.3) is 0 Å². The first-order valence-electron chi connectivity index (χ1n) is 11.0. The van der Waals surface area contributed by atoms with Crippen LogP contribution < -0.4 is 5.32 Å². The molecule has 2 aromatic heterocycles. The Morgan fingerprint density at radius 2 is 1.75 bits per heavy atom. The first-order valence-corrected chi connectivity index (χ1v) is 11.8. The molecule has 3 nitrogen and oxygen atoms in total. The molecule has 0 spiro atoms. The number of thiophene rings is 1. The minimum Gasteiger partial charge on any atom is -0.369 e. The Hall–Kier alpha value is -1.94. The van der Waals surface area contributed by atoms with E-state index in [2.05, 4.69) is 35.6 Å². The van der Waals surface area contributed by atoms with Crippen molar-refractivity contribution in [1.82, 2.24) is 9.97 Å². The maximum Gasteiger partial charge on any atom is 0.138 e. The van der Waals surface area contributed by atoms with Crippen LogP contribution in [0.3, 0.4) is 0 Å². The van der Waals surface area contributed by atoms with E-state index >= 15 is 0 Å². The van der Waals surface area contributed by atoms with Crippen molar-refractivity contribution in [2.45, 2.75) is 70.1 Å². The van der Waals surface area contributed by atoms with Gasteiger partial charge in [-0.3, -0.25) is 0 Å². The third-order valence-electron chi connectivity index (χ3n) is 6.35. The Balaban J connectivity index is 1.47. The molecule has 0 radical (unpaired) electrons. The summed E-state index contributed by atoms with van der Waals surface area (Å²) in [6.07, 6.45) is 12.6. The summed E-state index contributed by atoms with van der Waals surface area (Å²) < 4.78 is 0. The topological polar surface area (TPSA) is 37.8 Å². The highest BCUT2D eigenvalue weighted by atomic mass is 32.1. The second-order valence-corrected chi connectivity index (χ2v) is 9.40. The Labute approximate surface area is 171 Å². The van der Waals surface area contributed by atoms with Gasteiger partial charge in [-0.25, -0.2) is 9.97 Å². The van der Waals surface area contributed by atoms with Gasteiger partial charge < -0.3 is 5.32 Å². The van der Waals surface area contributed by atoms with Gasteiger partial charge in [0, 0.05) is 17.3 Å². The van der Waals surface area contributed by atoms with Crippen molar-refractivity contribution in [3.05, 3.63) is 52.2 Å².